The lowest BCUT2D eigenvalue weighted by atomic mass is 10.4. The van der Waals surface area contributed by atoms with Crippen LogP contribution in [0.3, 0.4) is 0 Å². The third-order valence-corrected chi connectivity index (χ3v) is 1.81. The Morgan fingerprint density at radius 3 is 3.00 bits per heavy atom. The van der Waals surface area contributed by atoms with Crippen LogP contribution in [0.5, 0.6) is 0 Å². The van der Waals surface area contributed by atoms with Gasteiger partial charge in [-0.1, -0.05) is 6.92 Å². The van der Waals surface area contributed by atoms with Crippen LogP contribution in [-0.2, 0) is 0 Å². The van der Waals surface area contributed by atoms with Gasteiger partial charge in [-0.05, 0) is 19.5 Å². The second-order valence-corrected chi connectivity index (χ2v) is 2.46. The highest BCUT2D eigenvalue weighted by Crippen LogP contribution is 1.93. The van der Waals surface area contributed by atoms with E-state index in [2.05, 4.69) is 17.1 Å². The Kier molecular flexibility index (Phi) is 3.01. The number of rotatable bonds is 1. The van der Waals surface area contributed by atoms with E-state index in [1.165, 1.54) is 26.1 Å². The molecule has 1 saturated heterocycles. The van der Waals surface area contributed by atoms with Gasteiger partial charge < -0.3 is 4.90 Å². The van der Waals surface area contributed by atoms with E-state index in [1.807, 2.05) is 0 Å². The lowest BCUT2D eigenvalue weighted by molar-refractivity contribution is 0.308. The van der Waals surface area contributed by atoms with Crippen LogP contribution in [0.15, 0.2) is 0 Å². The summed E-state index contributed by atoms with van der Waals surface area (Å²) in [6.07, 6.45) is 1.26. The minimum absolute atomic E-state index is 1.05. The first kappa shape index (κ1) is 7.03. The standard InChI is InChI=1S/C7H15N2/c1-2-9-6-3-4-8-5-7-9/h2-7H2,1H3. The van der Waals surface area contributed by atoms with Crippen molar-refractivity contribution in [3.63, 3.8) is 0 Å². The molecule has 1 radical (unpaired) electrons. The number of nitrogens with zero attached hydrogens (tertiary/aromatic N) is 2. The summed E-state index contributed by atoms with van der Waals surface area (Å²) in [7, 11) is 0. The molecular formula is C7H15N2. The average Bonchev–Trinajstić information content (AvgIpc) is 2.13. The molecule has 0 saturated carbocycles. The van der Waals surface area contributed by atoms with E-state index in [0.29, 0.717) is 0 Å². The summed E-state index contributed by atoms with van der Waals surface area (Å²) in [5.74, 6) is 0. The molecule has 2 nitrogen and oxygen atoms in total. The van der Waals surface area contributed by atoms with E-state index < -0.39 is 0 Å². The quantitative estimate of drug-likeness (QED) is 0.496. The highest BCUT2D eigenvalue weighted by atomic mass is 15.1. The molecule has 0 aromatic carbocycles. The molecule has 1 heterocycles. The van der Waals surface area contributed by atoms with Gasteiger partial charge in [0.15, 0.2) is 0 Å². The predicted molar refractivity (Wildman–Crippen MR) is 38.6 cm³/mol. The van der Waals surface area contributed by atoms with Crippen LogP contribution in [0.4, 0.5) is 0 Å². The van der Waals surface area contributed by atoms with E-state index in [0.717, 1.165) is 13.1 Å². The highest BCUT2D eigenvalue weighted by Gasteiger charge is 2.04. The molecule has 0 aromatic heterocycles. The molecule has 0 atom stereocenters. The van der Waals surface area contributed by atoms with Gasteiger partial charge in [-0.2, -0.15) is 0 Å². The van der Waals surface area contributed by atoms with E-state index in [-0.39, 0.29) is 0 Å². The van der Waals surface area contributed by atoms with Crippen LogP contribution in [0.25, 0.3) is 0 Å². The van der Waals surface area contributed by atoms with Crippen molar-refractivity contribution in [3.05, 3.63) is 0 Å². The summed E-state index contributed by atoms with van der Waals surface area (Å²) in [6, 6.07) is 0. The second-order valence-electron chi connectivity index (χ2n) is 2.46. The largest absolute Gasteiger partial charge is 0.302 e. The van der Waals surface area contributed by atoms with E-state index in [9.17, 15) is 0 Å². The van der Waals surface area contributed by atoms with Crippen molar-refractivity contribution < 1.29 is 0 Å². The van der Waals surface area contributed by atoms with Gasteiger partial charge in [0.05, 0.1) is 0 Å². The normalized spacial score (nSPS) is 23.7. The van der Waals surface area contributed by atoms with Gasteiger partial charge in [-0.15, -0.1) is 0 Å². The third kappa shape index (κ3) is 2.33. The summed E-state index contributed by atoms with van der Waals surface area (Å²) >= 11 is 0. The van der Waals surface area contributed by atoms with Gasteiger partial charge >= 0.3 is 0 Å². The van der Waals surface area contributed by atoms with Gasteiger partial charge in [0.1, 0.15) is 0 Å². The summed E-state index contributed by atoms with van der Waals surface area (Å²) < 4.78 is 0. The average molecular weight is 127 g/mol. The first-order chi connectivity index (χ1) is 4.43. The molecule has 0 amide bonds. The molecule has 1 rings (SSSR count). The van der Waals surface area contributed by atoms with Crippen molar-refractivity contribution in [3.8, 4) is 0 Å². The predicted octanol–water partition coefficient (Wildman–Crippen LogP) is 0.316. The lowest BCUT2D eigenvalue weighted by Crippen LogP contribution is -2.26. The Bertz CT molecular complexity index is 65.3. The molecule has 53 valence electrons. The van der Waals surface area contributed by atoms with Crippen molar-refractivity contribution in [1.82, 2.24) is 10.2 Å². The first-order valence-corrected chi connectivity index (χ1v) is 3.79. The lowest BCUT2D eigenvalue weighted by Gasteiger charge is -2.15. The van der Waals surface area contributed by atoms with Crippen LogP contribution in [0.1, 0.15) is 13.3 Å². The zero-order valence-electron chi connectivity index (χ0n) is 6.14. The zero-order chi connectivity index (χ0) is 6.53. The fourth-order valence-corrected chi connectivity index (χ4v) is 1.16. The molecule has 2 heteroatoms. The minimum Gasteiger partial charge on any atom is -0.302 e. The molecule has 1 aliphatic heterocycles. The van der Waals surface area contributed by atoms with Gasteiger partial charge in [-0.3, -0.25) is 0 Å². The molecule has 0 bridgehead atoms. The Hall–Kier alpha value is -0.0800. The SMILES string of the molecule is CCN1CCC[N]CC1. The zero-order valence-corrected chi connectivity index (χ0v) is 6.14. The maximum absolute atomic E-state index is 4.33. The van der Waals surface area contributed by atoms with Crippen molar-refractivity contribution in [2.24, 2.45) is 0 Å². The van der Waals surface area contributed by atoms with Crippen molar-refractivity contribution >= 4 is 0 Å². The molecule has 9 heavy (non-hydrogen) atoms. The van der Waals surface area contributed by atoms with Crippen LogP contribution in [0.2, 0.25) is 0 Å². The molecular weight excluding hydrogens is 112 g/mol. The Morgan fingerprint density at radius 1 is 1.33 bits per heavy atom. The van der Waals surface area contributed by atoms with Crippen LogP contribution < -0.4 is 5.32 Å². The molecule has 0 N–H and O–H groups in total. The maximum atomic E-state index is 4.33. The summed E-state index contributed by atoms with van der Waals surface area (Å²) in [5, 5.41) is 4.33. The highest BCUT2D eigenvalue weighted by molar-refractivity contribution is 4.62. The molecule has 0 aromatic rings. The fourth-order valence-electron chi connectivity index (χ4n) is 1.16. The van der Waals surface area contributed by atoms with Crippen LogP contribution in [-0.4, -0.2) is 37.6 Å². The fraction of sp³-hybridized carbons (Fsp3) is 1.00. The second kappa shape index (κ2) is 3.85. The maximum Gasteiger partial charge on any atom is 0.0261 e. The van der Waals surface area contributed by atoms with E-state index in [1.54, 1.807) is 0 Å². The van der Waals surface area contributed by atoms with Gasteiger partial charge in [0, 0.05) is 19.6 Å². The van der Waals surface area contributed by atoms with Crippen LogP contribution in [0, 0.1) is 0 Å². The van der Waals surface area contributed by atoms with E-state index in [4.69, 9.17) is 0 Å². The van der Waals surface area contributed by atoms with Crippen molar-refractivity contribution in [1.29, 1.82) is 0 Å². The Morgan fingerprint density at radius 2 is 2.22 bits per heavy atom. The first-order valence-electron chi connectivity index (χ1n) is 3.79. The molecule has 0 unspecified atom stereocenters. The molecule has 1 aliphatic rings. The minimum atomic E-state index is 1.05. The van der Waals surface area contributed by atoms with Gasteiger partial charge in [0.2, 0.25) is 0 Å². The summed E-state index contributed by atoms with van der Waals surface area (Å²) in [6.45, 7) is 7.96. The Balaban J connectivity index is 2.18. The number of hydrogen-bond donors (Lipinski definition) is 0. The Labute approximate surface area is 57.2 Å². The van der Waals surface area contributed by atoms with Crippen LogP contribution >= 0.6 is 0 Å². The third-order valence-electron chi connectivity index (χ3n) is 1.81. The van der Waals surface area contributed by atoms with Crippen molar-refractivity contribution in [2.45, 2.75) is 13.3 Å². The van der Waals surface area contributed by atoms with Gasteiger partial charge in [0.25, 0.3) is 0 Å². The van der Waals surface area contributed by atoms with Crippen molar-refractivity contribution in [2.75, 3.05) is 32.7 Å². The number of likely N-dealkylation sites (N-methyl/N-ethyl adjacent to an activating group) is 1. The summed E-state index contributed by atoms with van der Waals surface area (Å²) in [4.78, 5) is 2.45. The van der Waals surface area contributed by atoms with Gasteiger partial charge in [-0.25, -0.2) is 5.32 Å². The summed E-state index contributed by atoms with van der Waals surface area (Å²) in [5.41, 5.74) is 0. The molecule has 0 spiro atoms. The monoisotopic (exact) mass is 127 g/mol. The molecule has 1 fully saturated rings. The van der Waals surface area contributed by atoms with E-state index >= 15 is 0 Å². The topological polar surface area (TPSA) is 17.3 Å². The smallest absolute Gasteiger partial charge is 0.0261 e. The molecule has 0 aliphatic carbocycles. The number of hydrogen-bond acceptors (Lipinski definition) is 1.